The Bertz CT molecular complexity index is 594. The summed E-state index contributed by atoms with van der Waals surface area (Å²) in [5.41, 5.74) is 6.31. The van der Waals surface area contributed by atoms with Gasteiger partial charge in [-0.15, -0.1) is 11.3 Å². The highest BCUT2D eigenvalue weighted by Crippen LogP contribution is 2.28. The molecule has 0 aliphatic carbocycles. The lowest BCUT2D eigenvalue weighted by molar-refractivity contribution is 0.0698. The predicted molar refractivity (Wildman–Crippen MR) is 76.6 cm³/mol. The van der Waals surface area contributed by atoms with Gasteiger partial charge in [-0.1, -0.05) is 0 Å². The third-order valence-corrected chi connectivity index (χ3v) is 3.80. The number of rotatable bonds is 4. The summed E-state index contributed by atoms with van der Waals surface area (Å²) in [4.78, 5) is 15.3. The summed E-state index contributed by atoms with van der Waals surface area (Å²) in [7, 11) is 0. The number of carbonyl (C=O) groups is 1. The molecule has 0 bridgehead atoms. The number of nitrogens with zero attached hydrogens (tertiary/aromatic N) is 1. The van der Waals surface area contributed by atoms with Gasteiger partial charge in [0.25, 0.3) is 0 Å². The van der Waals surface area contributed by atoms with Gasteiger partial charge < -0.3 is 16.2 Å². The van der Waals surface area contributed by atoms with E-state index in [1.807, 2.05) is 19.2 Å². The highest BCUT2D eigenvalue weighted by molar-refractivity contribution is 7.09. The molecule has 0 spiro atoms. The van der Waals surface area contributed by atoms with Crippen LogP contribution in [0.5, 0.6) is 0 Å². The normalized spacial score (nSPS) is 11.3. The van der Waals surface area contributed by atoms with Gasteiger partial charge in [0, 0.05) is 23.0 Å². The molecule has 0 aliphatic heterocycles. The summed E-state index contributed by atoms with van der Waals surface area (Å²) >= 11 is 1.55. The van der Waals surface area contributed by atoms with Crippen molar-refractivity contribution in [1.29, 1.82) is 0 Å². The number of benzene rings is 1. The number of aromatic nitrogens is 1. The molecule has 19 heavy (non-hydrogen) atoms. The van der Waals surface area contributed by atoms with Crippen LogP contribution in [0.1, 0.15) is 29.2 Å². The lowest BCUT2D eigenvalue weighted by Gasteiger charge is -2.25. The van der Waals surface area contributed by atoms with Gasteiger partial charge >= 0.3 is 5.97 Å². The Balaban J connectivity index is 2.29. The molecule has 0 fully saturated rings. The number of nitrogens with one attached hydrogen (secondary N) is 1. The van der Waals surface area contributed by atoms with Crippen LogP contribution in [0.15, 0.2) is 29.8 Å². The Kier molecular flexibility index (Phi) is 3.44. The smallest absolute Gasteiger partial charge is 0.337 e. The Morgan fingerprint density at radius 3 is 2.79 bits per heavy atom. The van der Waals surface area contributed by atoms with Crippen LogP contribution in [-0.4, -0.2) is 16.1 Å². The standard InChI is InChI=1S/C13H15N3O2S/c1-13(2,12-15-5-6-19-12)16-8-3-4-10(14)9(7-8)11(17)18/h3-7,16H,14H2,1-2H3,(H,17,18). The largest absolute Gasteiger partial charge is 0.478 e. The maximum atomic E-state index is 11.1. The number of carboxylic acids is 1. The maximum Gasteiger partial charge on any atom is 0.337 e. The molecular formula is C13H15N3O2S. The number of aromatic carboxylic acids is 1. The Hall–Kier alpha value is -2.08. The summed E-state index contributed by atoms with van der Waals surface area (Å²) in [6, 6.07) is 4.88. The third-order valence-electron chi connectivity index (χ3n) is 2.71. The van der Waals surface area contributed by atoms with E-state index in [2.05, 4.69) is 10.3 Å². The molecule has 1 aromatic carbocycles. The molecule has 6 heteroatoms. The van der Waals surface area contributed by atoms with E-state index in [1.54, 1.807) is 29.7 Å². The summed E-state index contributed by atoms with van der Waals surface area (Å²) in [6.07, 6.45) is 1.75. The quantitative estimate of drug-likeness (QED) is 0.748. The van der Waals surface area contributed by atoms with Crippen molar-refractivity contribution >= 4 is 28.7 Å². The van der Waals surface area contributed by atoms with Crippen LogP contribution in [0.25, 0.3) is 0 Å². The number of anilines is 2. The van der Waals surface area contributed by atoms with Crippen LogP contribution in [-0.2, 0) is 5.54 Å². The van der Waals surface area contributed by atoms with Gasteiger partial charge in [0.1, 0.15) is 5.01 Å². The topological polar surface area (TPSA) is 88.2 Å². The fourth-order valence-electron chi connectivity index (χ4n) is 1.77. The van der Waals surface area contributed by atoms with Crippen molar-refractivity contribution in [2.45, 2.75) is 19.4 Å². The van der Waals surface area contributed by atoms with Crippen LogP contribution in [0.3, 0.4) is 0 Å². The van der Waals surface area contributed by atoms with Crippen LogP contribution in [0.2, 0.25) is 0 Å². The van der Waals surface area contributed by atoms with E-state index in [9.17, 15) is 4.79 Å². The molecule has 0 aliphatic rings. The van der Waals surface area contributed by atoms with E-state index < -0.39 is 5.97 Å². The number of nitrogens with two attached hydrogens (primary N) is 1. The zero-order valence-corrected chi connectivity index (χ0v) is 11.5. The fourth-order valence-corrected chi connectivity index (χ4v) is 2.48. The first-order chi connectivity index (χ1) is 8.90. The molecule has 1 aromatic heterocycles. The second-order valence-electron chi connectivity index (χ2n) is 4.69. The molecule has 2 aromatic rings. The number of hydrogen-bond donors (Lipinski definition) is 3. The maximum absolute atomic E-state index is 11.1. The van der Waals surface area contributed by atoms with Crippen molar-refractivity contribution < 1.29 is 9.90 Å². The number of carboxylic acid groups (broad SMARTS) is 1. The molecule has 0 radical (unpaired) electrons. The lowest BCUT2D eigenvalue weighted by Crippen LogP contribution is -2.27. The molecule has 5 nitrogen and oxygen atoms in total. The molecule has 0 atom stereocenters. The van der Waals surface area contributed by atoms with Crippen LogP contribution in [0.4, 0.5) is 11.4 Å². The molecule has 1 heterocycles. The van der Waals surface area contributed by atoms with Crippen LogP contribution in [0, 0.1) is 0 Å². The van der Waals surface area contributed by atoms with Crippen molar-refractivity contribution in [1.82, 2.24) is 4.98 Å². The van der Waals surface area contributed by atoms with Crippen molar-refractivity contribution in [2.75, 3.05) is 11.1 Å². The lowest BCUT2D eigenvalue weighted by atomic mass is 10.1. The second kappa shape index (κ2) is 4.89. The number of hydrogen-bond acceptors (Lipinski definition) is 5. The van der Waals surface area contributed by atoms with E-state index in [1.165, 1.54) is 6.07 Å². The Labute approximate surface area is 115 Å². The second-order valence-corrected chi connectivity index (χ2v) is 5.59. The number of thiazole rings is 1. The van der Waals surface area contributed by atoms with Crippen molar-refractivity contribution in [3.05, 3.63) is 40.3 Å². The highest BCUT2D eigenvalue weighted by Gasteiger charge is 2.23. The van der Waals surface area contributed by atoms with Crippen LogP contribution < -0.4 is 11.1 Å². The van der Waals surface area contributed by atoms with Gasteiger partial charge in [-0.05, 0) is 32.0 Å². The van der Waals surface area contributed by atoms with E-state index in [-0.39, 0.29) is 16.8 Å². The van der Waals surface area contributed by atoms with Gasteiger partial charge in [-0.3, -0.25) is 0 Å². The van der Waals surface area contributed by atoms with Crippen molar-refractivity contribution in [3.8, 4) is 0 Å². The average molecular weight is 277 g/mol. The highest BCUT2D eigenvalue weighted by atomic mass is 32.1. The van der Waals surface area contributed by atoms with Crippen molar-refractivity contribution in [2.24, 2.45) is 0 Å². The monoisotopic (exact) mass is 277 g/mol. The SMILES string of the molecule is CC(C)(Nc1ccc(N)c(C(=O)O)c1)c1nccs1. The van der Waals surface area contributed by atoms with E-state index in [4.69, 9.17) is 10.8 Å². The Morgan fingerprint density at radius 1 is 1.47 bits per heavy atom. The molecule has 100 valence electrons. The van der Waals surface area contributed by atoms with Gasteiger partial charge in [0.2, 0.25) is 0 Å². The van der Waals surface area contributed by atoms with Crippen LogP contribution >= 0.6 is 11.3 Å². The first kappa shape index (κ1) is 13.4. The summed E-state index contributed by atoms with van der Waals surface area (Å²) < 4.78 is 0. The zero-order chi connectivity index (χ0) is 14.0. The molecule has 2 rings (SSSR count). The molecule has 0 amide bonds. The van der Waals surface area contributed by atoms with E-state index >= 15 is 0 Å². The van der Waals surface area contributed by atoms with Crippen molar-refractivity contribution in [3.63, 3.8) is 0 Å². The molecule has 0 saturated carbocycles. The zero-order valence-electron chi connectivity index (χ0n) is 10.7. The van der Waals surface area contributed by atoms with Gasteiger partial charge in [-0.25, -0.2) is 9.78 Å². The summed E-state index contributed by atoms with van der Waals surface area (Å²) in [5.74, 6) is -1.03. The minimum atomic E-state index is -1.03. The summed E-state index contributed by atoms with van der Waals surface area (Å²) in [6.45, 7) is 3.98. The summed E-state index contributed by atoms with van der Waals surface area (Å²) in [5, 5.41) is 15.2. The third kappa shape index (κ3) is 2.85. The molecular weight excluding hydrogens is 262 g/mol. The van der Waals surface area contributed by atoms with Gasteiger partial charge in [0.05, 0.1) is 11.1 Å². The van der Waals surface area contributed by atoms with Gasteiger partial charge in [-0.2, -0.15) is 0 Å². The molecule has 4 N–H and O–H groups in total. The van der Waals surface area contributed by atoms with Gasteiger partial charge in [0.15, 0.2) is 0 Å². The minimum Gasteiger partial charge on any atom is -0.478 e. The molecule has 0 saturated heterocycles. The first-order valence-electron chi connectivity index (χ1n) is 5.71. The molecule has 0 unspecified atom stereocenters. The fraction of sp³-hybridized carbons (Fsp3) is 0.231. The number of nitrogen functional groups attached to an aromatic ring is 1. The minimum absolute atomic E-state index is 0.0972. The predicted octanol–water partition coefficient (Wildman–Crippen LogP) is 2.77. The average Bonchev–Trinajstić information content (AvgIpc) is 2.85. The van der Waals surface area contributed by atoms with E-state index in [0.717, 1.165) is 5.01 Å². The first-order valence-corrected chi connectivity index (χ1v) is 6.59. The Morgan fingerprint density at radius 2 is 2.21 bits per heavy atom. The van der Waals surface area contributed by atoms with E-state index in [0.29, 0.717) is 5.69 Å².